The van der Waals surface area contributed by atoms with Gasteiger partial charge >= 0.3 is 0 Å². The number of benzene rings is 2. The third-order valence-corrected chi connectivity index (χ3v) is 5.85. The smallest absolute Gasteiger partial charge is 0.231 e. The predicted octanol–water partition coefficient (Wildman–Crippen LogP) is 3.97. The van der Waals surface area contributed by atoms with Crippen molar-refractivity contribution in [1.82, 2.24) is 19.5 Å². The van der Waals surface area contributed by atoms with Crippen LogP contribution in [-0.4, -0.2) is 51.9 Å². The van der Waals surface area contributed by atoms with E-state index in [9.17, 15) is 0 Å². The normalized spacial score (nSPS) is 16.3. The fourth-order valence-corrected chi connectivity index (χ4v) is 3.96. The van der Waals surface area contributed by atoms with Gasteiger partial charge in [-0.15, -0.1) is 0 Å². The minimum Gasteiger partial charge on any atom is -0.378 e. The number of fused-ring (bicyclic) bond motifs is 1. The zero-order valence-corrected chi connectivity index (χ0v) is 17.7. The molecule has 2 aromatic heterocycles. The average Bonchev–Trinajstić information content (AvgIpc) is 3.56. The number of aromatic nitrogens is 4. The van der Waals surface area contributed by atoms with E-state index in [0.29, 0.717) is 12.0 Å². The lowest BCUT2D eigenvalue weighted by molar-refractivity contribution is 0.122. The maximum atomic E-state index is 5.45. The Morgan fingerprint density at radius 3 is 2.41 bits per heavy atom. The van der Waals surface area contributed by atoms with E-state index >= 15 is 0 Å². The van der Waals surface area contributed by atoms with E-state index in [0.717, 1.165) is 67.5 Å². The Morgan fingerprint density at radius 1 is 0.875 bits per heavy atom. The second-order valence-corrected chi connectivity index (χ2v) is 8.21. The second kappa shape index (κ2) is 8.12. The summed E-state index contributed by atoms with van der Waals surface area (Å²) in [5.41, 5.74) is 4.74. The summed E-state index contributed by atoms with van der Waals surface area (Å²) in [5, 5.41) is 6.90. The van der Waals surface area contributed by atoms with Crippen molar-refractivity contribution < 1.29 is 4.74 Å². The van der Waals surface area contributed by atoms with Crippen LogP contribution in [0.3, 0.4) is 0 Å². The van der Waals surface area contributed by atoms with E-state index in [1.54, 1.807) is 0 Å². The van der Waals surface area contributed by atoms with Crippen molar-refractivity contribution in [1.29, 1.82) is 0 Å². The molecule has 0 radical (unpaired) electrons. The van der Waals surface area contributed by atoms with Crippen molar-refractivity contribution >= 4 is 34.3 Å². The van der Waals surface area contributed by atoms with Gasteiger partial charge in [0, 0.05) is 36.2 Å². The van der Waals surface area contributed by atoms with Gasteiger partial charge in [0.05, 0.1) is 13.2 Å². The molecule has 0 bridgehead atoms. The van der Waals surface area contributed by atoms with Crippen LogP contribution in [0.5, 0.6) is 0 Å². The highest BCUT2D eigenvalue weighted by molar-refractivity contribution is 5.86. The molecule has 2 N–H and O–H groups in total. The molecule has 2 fully saturated rings. The molecular formula is C24H25N7O. The van der Waals surface area contributed by atoms with Gasteiger partial charge in [0.25, 0.3) is 0 Å². The molecule has 0 atom stereocenters. The Morgan fingerprint density at radius 2 is 1.66 bits per heavy atom. The molecule has 4 aromatic rings. The van der Waals surface area contributed by atoms with Crippen molar-refractivity contribution in [3.8, 4) is 5.69 Å². The van der Waals surface area contributed by atoms with Crippen LogP contribution >= 0.6 is 0 Å². The van der Waals surface area contributed by atoms with Crippen LogP contribution in [0.1, 0.15) is 12.8 Å². The van der Waals surface area contributed by atoms with Crippen LogP contribution in [0, 0.1) is 0 Å². The standard InChI is InChI=1S/C24H25N7O/c1-2-4-20(5-3-1)31-16-25-21-22(26-17-6-7-17)28-24(29-23(21)31)27-18-8-10-19(11-9-18)30-12-14-32-15-13-30/h1-5,8-11,16-17H,6-7,12-15H2,(H2,26,27,28,29). The van der Waals surface area contributed by atoms with Crippen molar-refractivity contribution in [2.24, 2.45) is 0 Å². The van der Waals surface area contributed by atoms with Gasteiger partial charge in [0.15, 0.2) is 17.0 Å². The summed E-state index contributed by atoms with van der Waals surface area (Å²) in [5.74, 6) is 1.33. The van der Waals surface area contributed by atoms with E-state index < -0.39 is 0 Å². The van der Waals surface area contributed by atoms with E-state index in [1.807, 2.05) is 29.1 Å². The lowest BCUT2D eigenvalue weighted by Crippen LogP contribution is -2.36. The first-order valence-corrected chi connectivity index (χ1v) is 11.1. The summed E-state index contributed by atoms with van der Waals surface area (Å²) >= 11 is 0. The van der Waals surface area contributed by atoms with Gasteiger partial charge in [-0.05, 0) is 49.2 Å². The first-order chi connectivity index (χ1) is 15.8. The molecule has 0 amide bonds. The van der Waals surface area contributed by atoms with E-state index in [1.165, 1.54) is 5.69 Å². The molecule has 2 aromatic carbocycles. The van der Waals surface area contributed by atoms with Crippen LogP contribution in [0.4, 0.5) is 23.1 Å². The third kappa shape index (κ3) is 3.85. The summed E-state index contributed by atoms with van der Waals surface area (Å²) < 4.78 is 7.46. The third-order valence-electron chi connectivity index (χ3n) is 5.85. The maximum absolute atomic E-state index is 5.45. The molecule has 0 spiro atoms. The Bertz CT molecular complexity index is 1210. The molecule has 1 saturated heterocycles. The molecule has 6 rings (SSSR count). The maximum Gasteiger partial charge on any atom is 0.231 e. The number of rotatable bonds is 6. The molecule has 3 heterocycles. The molecule has 1 aliphatic heterocycles. The highest BCUT2D eigenvalue weighted by atomic mass is 16.5. The van der Waals surface area contributed by atoms with Crippen molar-refractivity contribution in [3.05, 3.63) is 60.9 Å². The molecular weight excluding hydrogens is 402 g/mol. The van der Waals surface area contributed by atoms with E-state index in [2.05, 4.69) is 56.9 Å². The largest absolute Gasteiger partial charge is 0.378 e. The number of anilines is 4. The highest BCUT2D eigenvalue weighted by Crippen LogP contribution is 2.30. The fourth-order valence-electron chi connectivity index (χ4n) is 3.96. The first kappa shape index (κ1) is 19.1. The lowest BCUT2D eigenvalue weighted by Gasteiger charge is -2.28. The van der Waals surface area contributed by atoms with Gasteiger partial charge in [-0.1, -0.05) is 18.2 Å². The van der Waals surface area contributed by atoms with Crippen molar-refractivity contribution in [3.63, 3.8) is 0 Å². The topological polar surface area (TPSA) is 80.1 Å². The number of para-hydroxylation sites is 1. The summed E-state index contributed by atoms with van der Waals surface area (Å²) in [6.07, 6.45) is 4.14. The molecule has 2 aliphatic rings. The van der Waals surface area contributed by atoms with Gasteiger partial charge in [-0.2, -0.15) is 9.97 Å². The first-order valence-electron chi connectivity index (χ1n) is 11.1. The molecule has 162 valence electrons. The fraction of sp³-hybridized carbons (Fsp3) is 0.292. The number of hydrogen-bond donors (Lipinski definition) is 2. The van der Waals surface area contributed by atoms with E-state index in [-0.39, 0.29) is 0 Å². The Labute approximate surface area is 186 Å². The second-order valence-electron chi connectivity index (χ2n) is 8.21. The SMILES string of the molecule is c1ccc(-n2cnc3c(NC4CC4)nc(Nc4ccc(N5CCOCC5)cc4)nc32)cc1. The number of hydrogen-bond acceptors (Lipinski definition) is 7. The zero-order chi connectivity index (χ0) is 21.3. The Hall–Kier alpha value is -3.65. The van der Waals surface area contributed by atoms with Crippen LogP contribution in [-0.2, 0) is 4.74 Å². The van der Waals surface area contributed by atoms with Gasteiger partial charge in [0.1, 0.15) is 6.33 Å². The molecule has 1 saturated carbocycles. The summed E-state index contributed by atoms with van der Waals surface area (Å²) in [6, 6.07) is 19.0. The monoisotopic (exact) mass is 427 g/mol. The van der Waals surface area contributed by atoms with Crippen LogP contribution in [0.2, 0.25) is 0 Å². The van der Waals surface area contributed by atoms with Gasteiger partial charge in [0.2, 0.25) is 5.95 Å². The van der Waals surface area contributed by atoms with Gasteiger partial charge in [-0.25, -0.2) is 4.98 Å². The predicted molar refractivity (Wildman–Crippen MR) is 126 cm³/mol. The lowest BCUT2D eigenvalue weighted by atomic mass is 10.2. The Balaban J connectivity index is 1.33. The van der Waals surface area contributed by atoms with Crippen LogP contribution in [0.15, 0.2) is 60.9 Å². The summed E-state index contributed by atoms with van der Waals surface area (Å²) in [6.45, 7) is 3.40. The average molecular weight is 428 g/mol. The van der Waals surface area contributed by atoms with Crippen molar-refractivity contribution in [2.45, 2.75) is 18.9 Å². The highest BCUT2D eigenvalue weighted by Gasteiger charge is 2.24. The minimum atomic E-state index is 0.468. The van der Waals surface area contributed by atoms with Crippen LogP contribution in [0.25, 0.3) is 16.9 Å². The summed E-state index contributed by atoms with van der Waals surface area (Å²) in [4.78, 5) is 16.5. The zero-order valence-electron chi connectivity index (χ0n) is 17.7. The molecule has 1 aliphatic carbocycles. The molecule has 0 unspecified atom stereocenters. The van der Waals surface area contributed by atoms with Crippen molar-refractivity contribution in [2.75, 3.05) is 41.8 Å². The molecule has 8 nitrogen and oxygen atoms in total. The number of ether oxygens (including phenoxy) is 1. The van der Waals surface area contributed by atoms with Crippen LogP contribution < -0.4 is 15.5 Å². The number of imidazole rings is 1. The number of nitrogens with one attached hydrogen (secondary N) is 2. The van der Waals surface area contributed by atoms with Gasteiger partial charge in [-0.3, -0.25) is 4.57 Å². The number of nitrogens with zero attached hydrogens (tertiary/aromatic N) is 5. The Kier molecular flexibility index (Phi) is 4.84. The summed E-state index contributed by atoms with van der Waals surface area (Å²) in [7, 11) is 0. The molecule has 8 heteroatoms. The number of morpholine rings is 1. The molecule has 32 heavy (non-hydrogen) atoms. The quantitative estimate of drug-likeness (QED) is 0.482. The van der Waals surface area contributed by atoms with E-state index in [4.69, 9.17) is 14.7 Å². The minimum absolute atomic E-state index is 0.468. The van der Waals surface area contributed by atoms with Gasteiger partial charge < -0.3 is 20.3 Å².